The van der Waals surface area contributed by atoms with Crippen LogP contribution < -0.4 is 15.6 Å². The summed E-state index contributed by atoms with van der Waals surface area (Å²) in [7, 11) is 1.52. The van der Waals surface area contributed by atoms with Crippen molar-refractivity contribution in [2.24, 2.45) is 0 Å². The first-order valence-corrected chi connectivity index (χ1v) is 9.30. The topological polar surface area (TPSA) is 119 Å². The number of anilines is 1. The molecule has 0 fully saturated rings. The van der Waals surface area contributed by atoms with Crippen LogP contribution in [0.4, 0.5) is 11.5 Å². The lowest BCUT2D eigenvalue weighted by molar-refractivity contribution is -0.387. The predicted molar refractivity (Wildman–Crippen MR) is 108 cm³/mol. The lowest BCUT2D eigenvalue weighted by atomic mass is 10.2. The van der Waals surface area contributed by atoms with E-state index in [0.717, 1.165) is 11.8 Å². The summed E-state index contributed by atoms with van der Waals surface area (Å²) in [6.07, 6.45) is 1.17. The second-order valence-electron chi connectivity index (χ2n) is 5.50. The zero-order valence-corrected chi connectivity index (χ0v) is 16.5. The zero-order valence-electron chi connectivity index (χ0n) is 15.0. The van der Waals surface area contributed by atoms with E-state index in [0.29, 0.717) is 21.2 Å². The molecule has 0 bridgehead atoms. The molecule has 0 saturated carbocycles. The predicted octanol–water partition coefficient (Wildman–Crippen LogP) is 3.95. The molecule has 11 heteroatoms. The summed E-state index contributed by atoms with van der Waals surface area (Å²) in [6, 6.07) is 13.2. The molecule has 148 valence electrons. The fourth-order valence-corrected chi connectivity index (χ4v) is 3.23. The highest BCUT2D eigenvalue weighted by Gasteiger charge is 2.24. The molecule has 2 aromatic carbocycles. The van der Waals surface area contributed by atoms with Crippen molar-refractivity contribution in [3.8, 4) is 5.75 Å². The summed E-state index contributed by atoms with van der Waals surface area (Å²) in [5.41, 5.74) is 4.87. The van der Waals surface area contributed by atoms with Crippen LogP contribution in [0, 0.1) is 10.1 Å². The van der Waals surface area contributed by atoms with Crippen LogP contribution in [0.2, 0.25) is 5.02 Å². The zero-order chi connectivity index (χ0) is 20.8. The molecule has 3 rings (SSSR count). The Labute approximate surface area is 174 Å². The van der Waals surface area contributed by atoms with Crippen molar-refractivity contribution in [3.63, 3.8) is 0 Å². The number of halogens is 1. The van der Waals surface area contributed by atoms with Gasteiger partial charge in [0, 0.05) is 15.5 Å². The number of hydrogen-bond donors (Lipinski definition) is 2. The molecule has 0 atom stereocenters. The van der Waals surface area contributed by atoms with Crippen molar-refractivity contribution in [2.45, 2.75) is 9.92 Å². The van der Waals surface area contributed by atoms with Gasteiger partial charge in [0.2, 0.25) is 5.82 Å². The Morgan fingerprint density at radius 1 is 1.14 bits per heavy atom. The average Bonchev–Trinajstić information content (AvgIpc) is 2.73. The van der Waals surface area contributed by atoms with Gasteiger partial charge in [0.15, 0.2) is 5.03 Å². The molecule has 1 aromatic heterocycles. The monoisotopic (exact) mass is 431 g/mol. The van der Waals surface area contributed by atoms with E-state index in [1.54, 1.807) is 48.5 Å². The molecule has 0 radical (unpaired) electrons. The van der Waals surface area contributed by atoms with E-state index in [9.17, 15) is 14.9 Å². The third-order valence-electron chi connectivity index (χ3n) is 3.65. The van der Waals surface area contributed by atoms with E-state index in [1.807, 2.05) is 0 Å². The van der Waals surface area contributed by atoms with Gasteiger partial charge in [0.25, 0.3) is 5.91 Å². The standard InChI is InChI=1S/C18H14ClN5O4S/c1-28-13-6-2-11(3-7-13)17(25)23-22-16-15(24(26)27)18(21-10-20-16)29-14-8-4-12(19)5-9-14/h2-10H,1H3,(H,23,25)(H,20,21,22). The van der Waals surface area contributed by atoms with Crippen LogP contribution in [0.5, 0.6) is 5.75 Å². The largest absolute Gasteiger partial charge is 0.497 e. The van der Waals surface area contributed by atoms with Crippen molar-refractivity contribution in [1.29, 1.82) is 0 Å². The third kappa shape index (κ3) is 5.12. The molecule has 0 aliphatic heterocycles. The molecule has 2 N–H and O–H groups in total. The first kappa shape index (κ1) is 20.4. The van der Waals surface area contributed by atoms with Gasteiger partial charge >= 0.3 is 5.69 Å². The number of amides is 1. The first-order valence-electron chi connectivity index (χ1n) is 8.11. The molecule has 0 spiro atoms. The molecule has 0 aliphatic rings. The molecule has 1 heterocycles. The van der Waals surface area contributed by atoms with E-state index >= 15 is 0 Å². The van der Waals surface area contributed by atoms with E-state index in [4.69, 9.17) is 16.3 Å². The Kier molecular flexibility index (Phi) is 6.47. The highest BCUT2D eigenvalue weighted by molar-refractivity contribution is 7.99. The summed E-state index contributed by atoms with van der Waals surface area (Å²) >= 11 is 6.94. The number of hydrogen-bond acceptors (Lipinski definition) is 8. The van der Waals surface area contributed by atoms with Crippen LogP contribution in [0.1, 0.15) is 10.4 Å². The fourth-order valence-electron chi connectivity index (χ4n) is 2.24. The number of carbonyl (C=O) groups excluding carboxylic acids is 1. The van der Waals surface area contributed by atoms with E-state index in [2.05, 4.69) is 20.8 Å². The van der Waals surface area contributed by atoms with Gasteiger partial charge < -0.3 is 4.74 Å². The quantitative estimate of drug-likeness (QED) is 0.328. The third-order valence-corrected chi connectivity index (χ3v) is 4.90. The molecule has 3 aromatic rings. The van der Waals surface area contributed by atoms with E-state index < -0.39 is 10.8 Å². The van der Waals surface area contributed by atoms with Gasteiger partial charge in [-0.05, 0) is 48.5 Å². The highest BCUT2D eigenvalue weighted by Crippen LogP contribution is 2.36. The number of carbonyl (C=O) groups is 1. The van der Waals surface area contributed by atoms with Crippen molar-refractivity contribution in [1.82, 2.24) is 15.4 Å². The maximum Gasteiger partial charge on any atom is 0.345 e. The van der Waals surface area contributed by atoms with Gasteiger partial charge in [-0.15, -0.1) is 0 Å². The van der Waals surface area contributed by atoms with Crippen molar-refractivity contribution in [3.05, 3.63) is 75.6 Å². The summed E-state index contributed by atoms with van der Waals surface area (Å²) in [6.45, 7) is 0. The Morgan fingerprint density at radius 2 is 1.83 bits per heavy atom. The van der Waals surface area contributed by atoms with Crippen molar-refractivity contribution in [2.75, 3.05) is 12.5 Å². The fraction of sp³-hybridized carbons (Fsp3) is 0.0556. The van der Waals surface area contributed by atoms with Crippen LogP contribution >= 0.6 is 23.4 Å². The number of nitrogens with zero attached hydrogens (tertiary/aromatic N) is 3. The summed E-state index contributed by atoms with van der Waals surface area (Å²) < 4.78 is 5.04. The minimum Gasteiger partial charge on any atom is -0.497 e. The SMILES string of the molecule is COc1ccc(C(=O)NNc2ncnc(Sc3ccc(Cl)cc3)c2[N+](=O)[O-])cc1. The van der Waals surface area contributed by atoms with Crippen LogP contribution in [0.15, 0.2) is 64.8 Å². The number of ether oxygens (including phenoxy) is 1. The van der Waals surface area contributed by atoms with Gasteiger partial charge in [0.1, 0.15) is 12.1 Å². The molecule has 0 saturated heterocycles. The van der Waals surface area contributed by atoms with Crippen molar-refractivity contribution >= 4 is 40.8 Å². The average molecular weight is 432 g/mol. The lowest BCUT2D eigenvalue weighted by Gasteiger charge is -2.10. The van der Waals surface area contributed by atoms with Gasteiger partial charge in [-0.2, -0.15) is 0 Å². The number of benzene rings is 2. The van der Waals surface area contributed by atoms with Crippen LogP contribution in [-0.2, 0) is 0 Å². The van der Waals surface area contributed by atoms with Crippen LogP contribution in [0.25, 0.3) is 0 Å². The molecule has 1 amide bonds. The van der Waals surface area contributed by atoms with Crippen LogP contribution in [0.3, 0.4) is 0 Å². The highest BCUT2D eigenvalue weighted by atomic mass is 35.5. The first-order chi connectivity index (χ1) is 14.0. The van der Waals surface area contributed by atoms with E-state index in [-0.39, 0.29) is 16.5 Å². The minimum absolute atomic E-state index is 0.119. The van der Waals surface area contributed by atoms with Crippen LogP contribution in [-0.4, -0.2) is 27.9 Å². The normalized spacial score (nSPS) is 10.3. The molecular weight excluding hydrogens is 418 g/mol. The number of aromatic nitrogens is 2. The molecule has 0 aliphatic carbocycles. The summed E-state index contributed by atoms with van der Waals surface area (Å²) in [5.74, 6) is -0.0272. The summed E-state index contributed by atoms with van der Waals surface area (Å²) in [5, 5.41) is 12.3. The van der Waals surface area contributed by atoms with Gasteiger partial charge in [0.05, 0.1) is 12.0 Å². The second kappa shape index (κ2) is 9.22. The molecular formula is C18H14ClN5O4S. The minimum atomic E-state index is -0.611. The summed E-state index contributed by atoms with van der Waals surface area (Å²) in [4.78, 5) is 31.8. The maximum absolute atomic E-state index is 12.3. The molecule has 9 nitrogen and oxygen atoms in total. The van der Waals surface area contributed by atoms with Gasteiger partial charge in [-0.1, -0.05) is 23.4 Å². The lowest BCUT2D eigenvalue weighted by Crippen LogP contribution is -2.30. The maximum atomic E-state index is 12.3. The smallest absolute Gasteiger partial charge is 0.345 e. The Balaban J connectivity index is 1.78. The molecule has 0 unspecified atom stereocenters. The Hall–Kier alpha value is -3.37. The van der Waals surface area contributed by atoms with Gasteiger partial charge in [-0.25, -0.2) is 9.97 Å². The number of rotatable bonds is 7. The number of nitro groups is 1. The van der Waals surface area contributed by atoms with Crippen molar-refractivity contribution < 1.29 is 14.5 Å². The number of hydrazine groups is 1. The Bertz CT molecular complexity index is 1030. The number of nitrogens with one attached hydrogen (secondary N) is 2. The van der Waals surface area contributed by atoms with E-state index in [1.165, 1.54) is 13.4 Å². The molecule has 29 heavy (non-hydrogen) atoms. The number of methoxy groups -OCH3 is 1. The Morgan fingerprint density at radius 3 is 2.45 bits per heavy atom. The van der Waals surface area contributed by atoms with Gasteiger partial charge in [-0.3, -0.25) is 25.8 Å². The second-order valence-corrected chi connectivity index (χ2v) is 7.00.